The van der Waals surface area contributed by atoms with Crippen molar-refractivity contribution in [1.29, 1.82) is 0 Å². The highest BCUT2D eigenvalue weighted by atomic mass is 19.1. The van der Waals surface area contributed by atoms with Crippen LogP contribution < -0.4 is 4.74 Å². The van der Waals surface area contributed by atoms with Gasteiger partial charge in [-0.2, -0.15) is 0 Å². The molecule has 0 spiro atoms. The first-order chi connectivity index (χ1) is 13.7. The molecule has 0 radical (unpaired) electrons. The van der Waals surface area contributed by atoms with E-state index in [0.717, 1.165) is 44.6 Å². The highest BCUT2D eigenvalue weighted by molar-refractivity contribution is 5.97. The van der Waals surface area contributed by atoms with Crippen LogP contribution in [0.3, 0.4) is 0 Å². The molecule has 1 aliphatic carbocycles. The van der Waals surface area contributed by atoms with Gasteiger partial charge in [-0.1, -0.05) is 12.1 Å². The zero-order valence-electron chi connectivity index (χ0n) is 16.4. The van der Waals surface area contributed by atoms with Gasteiger partial charge in [0.05, 0.1) is 12.7 Å². The maximum atomic E-state index is 14.9. The molecule has 5 nitrogen and oxygen atoms in total. The lowest BCUT2D eigenvalue weighted by atomic mass is 9.90. The SMILES string of the molecule is COc1ccc(C2C=C(F)C(C(=O)N3CCCC3CN3CCCC3)=CC2)cn1. The van der Waals surface area contributed by atoms with Gasteiger partial charge in [0.2, 0.25) is 5.88 Å². The molecule has 3 heterocycles. The molecule has 2 saturated heterocycles. The summed E-state index contributed by atoms with van der Waals surface area (Å²) in [5, 5.41) is 0. The van der Waals surface area contributed by atoms with E-state index in [0.29, 0.717) is 12.3 Å². The van der Waals surface area contributed by atoms with Crippen LogP contribution in [0.25, 0.3) is 0 Å². The van der Waals surface area contributed by atoms with E-state index in [4.69, 9.17) is 4.74 Å². The molecule has 150 valence electrons. The van der Waals surface area contributed by atoms with Gasteiger partial charge in [0.1, 0.15) is 5.83 Å². The number of ether oxygens (including phenoxy) is 1. The molecule has 28 heavy (non-hydrogen) atoms. The lowest BCUT2D eigenvalue weighted by Crippen LogP contribution is -2.43. The summed E-state index contributed by atoms with van der Waals surface area (Å²) >= 11 is 0. The van der Waals surface area contributed by atoms with Crippen molar-refractivity contribution in [3.8, 4) is 5.88 Å². The molecule has 2 unspecified atom stereocenters. The first-order valence-electron chi connectivity index (χ1n) is 10.3. The van der Waals surface area contributed by atoms with Crippen molar-refractivity contribution < 1.29 is 13.9 Å². The molecule has 3 aliphatic rings. The Morgan fingerprint density at radius 3 is 2.75 bits per heavy atom. The largest absolute Gasteiger partial charge is 0.481 e. The number of rotatable bonds is 5. The molecule has 0 aromatic carbocycles. The van der Waals surface area contributed by atoms with E-state index in [2.05, 4.69) is 9.88 Å². The number of allylic oxidation sites excluding steroid dienone is 2. The van der Waals surface area contributed by atoms with Crippen LogP contribution in [-0.2, 0) is 4.79 Å². The summed E-state index contributed by atoms with van der Waals surface area (Å²) in [6.07, 6.45) is 10.1. The average Bonchev–Trinajstić information content (AvgIpc) is 3.40. The van der Waals surface area contributed by atoms with Crippen LogP contribution in [-0.4, -0.2) is 60.0 Å². The standard InChI is InChI=1S/C22H28FN3O2/c1-28-21-9-7-17(14-24-21)16-6-8-19(20(23)13-16)22(27)26-12-4-5-18(26)15-25-10-2-3-11-25/h7-9,13-14,16,18H,2-6,10-12,15H2,1H3. The van der Waals surface area contributed by atoms with E-state index in [1.54, 1.807) is 31.5 Å². The fourth-order valence-electron chi connectivity index (χ4n) is 4.54. The molecule has 2 atom stereocenters. The van der Waals surface area contributed by atoms with Gasteiger partial charge in [-0.05, 0) is 56.8 Å². The summed E-state index contributed by atoms with van der Waals surface area (Å²) in [7, 11) is 1.57. The molecule has 6 heteroatoms. The third-order valence-electron chi connectivity index (χ3n) is 6.11. The molecule has 1 amide bonds. The minimum Gasteiger partial charge on any atom is -0.481 e. The molecular weight excluding hydrogens is 357 g/mol. The van der Waals surface area contributed by atoms with E-state index in [-0.39, 0.29) is 23.4 Å². The van der Waals surface area contributed by atoms with E-state index < -0.39 is 5.83 Å². The Hall–Kier alpha value is -2.21. The number of carbonyl (C=O) groups excluding carboxylic acids is 1. The summed E-state index contributed by atoms with van der Waals surface area (Å²) in [5.74, 6) is -0.131. The van der Waals surface area contributed by atoms with Gasteiger partial charge in [-0.25, -0.2) is 9.37 Å². The summed E-state index contributed by atoms with van der Waals surface area (Å²) in [4.78, 5) is 21.6. The van der Waals surface area contributed by atoms with E-state index in [1.165, 1.54) is 12.8 Å². The highest BCUT2D eigenvalue weighted by Gasteiger charge is 2.34. The lowest BCUT2D eigenvalue weighted by molar-refractivity contribution is -0.128. The summed E-state index contributed by atoms with van der Waals surface area (Å²) in [6.45, 7) is 3.89. The van der Waals surface area contributed by atoms with Crippen molar-refractivity contribution in [1.82, 2.24) is 14.8 Å². The van der Waals surface area contributed by atoms with Crippen molar-refractivity contribution in [2.75, 3.05) is 33.3 Å². The normalized spacial score (nSPS) is 25.6. The number of nitrogens with zero attached hydrogens (tertiary/aromatic N) is 3. The van der Waals surface area contributed by atoms with Crippen LogP contribution >= 0.6 is 0 Å². The van der Waals surface area contributed by atoms with Crippen LogP contribution in [0.2, 0.25) is 0 Å². The minimum absolute atomic E-state index is 0.103. The second-order valence-corrected chi connectivity index (χ2v) is 7.91. The first-order valence-corrected chi connectivity index (χ1v) is 10.3. The summed E-state index contributed by atoms with van der Waals surface area (Å²) in [6, 6.07) is 3.88. The fourth-order valence-corrected chi connectivity index (χ4v) is 4.54. The van der Waals surface area contributed by atoms with Crippen molar-refractivity contribution >= 4 is 5.91 Å². The number of methoxy groups -OCH3 is 1. The number of hydrogen-bond acceptors (Lipinski definition) is 4. The van der Waals surface area contributed by atoms with Gasteiger partial charge >= 0.3 is 0 Å². The Kier molecular flexibility index (Phi) is 5.76. The quantitative estimate of drug-likeness (QED) is 0.779. The van der Waals surface area contributed by atoms with Crippen molar-refractivity contribution in [2.24, 2.45) is 0 Å². The van der Waals surface area contributed by atoms with Gasteiger partial charge in [-0.15, -0.1) is 0 Å². The number of halogens is 1. The number of aromatic nitrogens is 1. The molecule has 2 aliphatic heterocycles. The van der Waals surface area contributed by atoms with Gasteiger partial charge in [0, 0.05) is 37.3 Å². The Labute approximate surface area is 165 Å². The summed E-state index contributed by atoms with van der Waals surface area (Å²) in [5.41, 5.74) is 1.15. The molecule has 0 bridgehead atoms. The Bertz CT molecular complexity index is 768. The number of hydrogen-bond donors (Lipinski definition) is 0. The molecule has 1 aromatic heterocycles. The van der Waals surface area contributed by atoms with Gasteiger partial charge < -0.3 is 14.5 Å². The summed E-state index contributed by atoms with van der Waals surface area (Å²) < 4.78 is 19.9. The third kappa shape index (κ3) is 3.97. The van der Waals surface area contributed by atoms with Crippen LogP contribution in [0, 0.1) is 0 Å². The molecule has 0 N–H and O–H groups in total. The average molecular weight is 385 g/mol. The van der Waals surface area contributed by atoms with Crippen molar-refractivity contribution in [3.63, 3.8) is 0 Å². The maximum absolute atomic E-state index is 14.9. The number of pyridine rings is 1. The molecule has 0 saturated carbocycles. The smallest absolute Gasteiger partial charge is 0.256 e. The van der Waals surface area contributed by atoms with Crippen molar-refractivity contribution in [3.05, 3.63) is 47.4 Å². The molecule has 2 fully saturated rings. The highest BCUT2D eigenvalue weighted by Crippen LogP contribution is 2.33. The molecule has 1 aromatic rings. The number of carbonyl (C=O) groups is 1. The van der Waals surface area contributed by atoms with Crippen LogP contribution in [0.5, 0.6) is 5.88 Å². The van der Waals surface area contributed by atoms with Crippen LogP contribution in [0.15, 0.2) is 41.9 Å². The van der Waals surface area contributed by atoms with Gasteiger partial charge in [-0.3, -0.25) is 4.79 Å². The zero-order valence-corrected chi connectivity index (χ0v) is 16.4. The second kappa shape index (κ2) is 8.43. The van der Waals surface area contributed by atoms with Crippen molar-refractivity contribution in [2.45, 2.75) is 44.1 Å². The topological polar surface area (TPSA) is 45.7 Å². The zero-order chi connectivity index (χ0) is 19.5. The predicted molar refractivity (Wildman–Crippen MR) is 106 cm³/mol. The lowest BCUT2D eigenvalue weighted by Gasteiger charge is -2.30. The maximum Gasteiger partial charge on any atom is 0.256 e. The third-order valence-corrected chi connectivity index (χ3v) is 6.11. The minimum atomic E-state index is -0.413. The molecular formula is C22H28FN3O2. The van der Waals surface area contributed by atoms with E-state index >= 15 is 0 Å². The monoisotopic (exact) mass is 385 g/mol. The van der Waals surface area contributed by atoms with E-state index in [9.17, 15) is 9.18 Å². The Morgan fingerprint density at radius 1 is 1.25 bits per heavy atom. The predicted octanol–water partition coefficient (Wildman–Crippen LogP) is 3.44. The van der Waals surface area contributed by atoms with Crippen LogP contribution in [0.1, 0.15) is 43.6 Å². The van der Waals surface area contributed by atoms with Gasteiger partial charge in [0.25, 0.3) is 5.91 Å². The first kappa shape index (κ1) is 19.1. The molecule has 4 rings (SSSR count). The Balaban J connectivity index is 1.43. The Morgan fingerprint density at radius 2 is 2.07 bits per heavy atom. The van der Waals surface area contributed by atoms with E-state index in [1.807, 2.05) is 11.0 Å². The van der Waals surface area contributed by atoms with Gasteiger partial charge in [0.15, 0.2) is 0 Å². The number of likely N-dealkylation sites (tertiary alicyclic amines) is 2. The van der Waals surface area contributed by atoms with Crippen LogP contribution in [0.4, 0.5) is 4.39 Å². The fraction of sp³-hybridized carbons (Fsp3) is 0.545. The second-order valence-electron chi connectivity index (χ2n) is 7.91. The number of amides is 1.